The second kappa shape index (κ2) is 8.25. The third-order valence-corrected chi connectivity index (χ3v) is 4.01. The lowest BCUT2D eigenvalue weighted by atomic mass is 9.87. The molecule has 0 aliphatic rings. The van der Waals surface area contributed by atoms with Gasteiger partial charge in [-0.25, -0.2) is 9.78 Å². The lowest BCUT2D eigenvalue weighted by Gasteiger charge is -2.25. The van der Waals surface area contributed by atoms with Crippen molar-refractivity contribution < 1.29 is 9.53 Å². The fourth-order valence-corrected chi connectivity index (χ4v) is 2.64. The Bertz CT molecular complexity index is 416. The molecule has 4 nitrogen and oxygen atoms in total. The molecule has 1 heterocycles. The molecule has 1 aromatic heterocycles. The van der Waals surface area contributed by atoms with Crippen molar-refractivity contribution in [3.8, 4) is 0 Å². The third-order valence-electron chi connectivity index (χ3n) is 3.22. The molecule has 5 heteroatoms. The van der Waals surface area contributed by atoms with Gasteiger partial charge >= 0.3 is 5.97 Å². The average molecular weight is 298 g/mol. The number of ether oxygens (including phenoxy) is 1. The summed E-state index contributed by atoms with van der Waals surface area (Å²) in [6, 6.07) is 0. The molecule has 0 aliphatic heterocycles. The Kier molecular flexibility index (Phi) is 6.99. The average Bonchev–Trinajstić information content (AvgIpc) is 2.85. The predicted molar refractivity (Wildman–Crippen MR) is 84.5 cm³/mol. The molecule has 0 aromatic carbocycles. The number of anilines is 1. The normalized spacial score (nSPS) is 11.4. The van der Waals surface area contributed by atoms with E-state index >= 15 is 0 Å². The van der Waals surface area contributed by atoms with E-state index in [0.717, 1.165) is 11.5 Å². The summed E-state index contributed by atoms with van der Waals surface area (Å²) in [5.41, 5.74) is 2.30. The van der Waals surface area contributed by atoms with Gasteiger partial charge in [-0.3, -0.25) is 0 Å². The Balaban J connectivity index is 2.53. The first-order chi connectivity index (χ1) is 9.50. The van der Waals surface area contributed by atoms with Gasteiger partial charge in [-0.15, -0.1) is 11.3 Å². The van der Waals surface area contributed by atoms with Crippen LogP contribution in [0, 0.1) is 5.41 Å². The highest BCUT2D eigenvalue weighted by molar-refractivity contribution is 7.14. The van der Waals surface area contributed by atoms with Crippen LogP contribution in [0.25, 0.3) is 0 Å². The van der Waals surface area contributed by atoms with Crippen molar-refractivity contribution in [3.63, 3.8) is 0 Å². The van der Waals surface area contributed by atoms with E-state index in [2.05, 4.69) is 31.1 Å². The maximum atomic E-state index is 11.7. The topological polar surface area (TPSA) is 51.2 Å². The van der Waals surface area contributed by atoms with E-state index in [1.807, 2.05) is 0 Å². The van der Waals surface area contributed by atoms with Crippen LogP contribution in [0.3, 0.4) is 0 Å². The molecule has 0 radical (unpaired) electrons. The summed E-state index contributed by atoms with van der Waals surface area (Å²) >= 11 is 1.45. The molecule has 0 atom stereocenters. The minimum absolute atomic E-state index is 0.213. The number of aromatic nitrogens is 1. The van der Waals surface area contributed by atoms with Crippen LogP contribution in [0.2, 0.25) is 0 Å². The third kappa shape index (κ3) is 5.49. The van der Waals surface area contributed by atoms with E-state index in [1.165, 1.54) is 37.0 Å². The largest absolute Gasteiger partial charge is 0.461 e. The van der Waals surface area contributed by atoms with Crippen molar-refractivity contribution in [2.75, 3.05) is 18.5 Å². The molecule has 114 valence electrons. The van der Waals surface area contributed by atoms with Gasteiger partial charge in [0.1, 0.15) is 5.00 Å². The molecule has 1 rings (SSSR count). The number of rotatable bonds is 9. The quantitative estimate of drug-likeness (QED) is 0.544. The molecule has 1 aromatic rings. The van der Waals surface area contributed by atoms with E-state index in [-0.39, 0.29) is 11.4 Å². The Morgan fingerprint density at radius 1 is 1.40 bits per heavy atom. The zero-order chi connectivity index (χ0) is 15.0. The first-order valence-electron chi connectivity index (χ1n) is 7.34. The summed E-state index contributed by atoms with van der Waals surface area (Å²) in [6.45, 7) is 9.73. The van der Waals surface area contributed by atoms with E-state index in [9.17, 15) is 4.79 Å². The standard InChI is InChI=1S/C15H26N2O2S/c1-5-7-8-9-15(3,4)10-16-13-12(17-11-20-13)14(18)19-6-2/h11,16H,5-10H2,1-4H3. The van der Waals surface area contributed by atoms with Crippen LogP contribution in [-0.4, -0.2) is 24.1 Å². The molecule has 0 fully saturated rings. The van der Waals surface area contributed by atoms with Crippen molar-refractivity contribution in [1.29, 1.82) is 0 Å². The molecule has 20 heavy (non-hydrogen) atoms. The zero-order valence-electron chi connectivity index (χ0n) is 13.0. The maximum Gasteiger partial charge on any atom is 0.360 e. The fourth-order valence-electron chi connectivity index (χ4n) is 1.98. The molecule has 0 saturated heterocycles. The van der Waals surface area contributed by atoms with Gasteiger partial charge in [0, 0.05) is 6.54 Å². The molecule has 0 unspecified atom stereocenters. The second-order valence-corrected chi connectivity index (χ2v) is 6.58. The molecule has 0 amide bonds. The van der Waals surface area contributed by atoms with Crippen LogP contribution in [0.5, 0.6) is 0 Å². The molecule has 0 bridgehead atoms. The van der Waals surface area contributed by atoms with Gasteiger partial charge in [0.25, 0.3) is 0 Å². The van der Waals surface area contributed by atoms with Crippen LogP contribution in [-0.2, 0) is 4.74 Å². The first kappa shape index (κ1) is 17.0. The lowest BCUT2D eigenvalue weighted by molar-refractivity contribution is 0.0521. The van der Waals surface area contributed by atoms with E-state index < -0.39 is 0 Å². The number of thiazole rings is 1. The van der Waals surface area contributed by atoms with Gasteiger partial charge in [0.15, 0.2) is 5.69 Å². The van der Waals surface area contributed by atoms with Gasteiger partial charge in [-0.2, -0.15) is 0 Å². The monoisotopic (exact) mass is 298 g/mol. The summed E-state index contributed by atoms with van der Waals surface area (Å²) in [4.78, 5) is 15.8. The van der Waals surface area contributed by atoms with Gasteiger partial charge in [-0.05, 0) is 18.8 Å². The highest BCUT2D eigenvalue weighted by Crippen LogP contribution is 2.27. The zero-order valence-corrected chi connectivity index (χ0v) is 13.8. The number of nitrogens with one attached hydrogen (secondary N) is 1. The SMILES string of the molecule is CCCCCC(C)(C)CNc1scnc1C(=O)OCC. The number of unbranched alkanes of at least 4 members (excludes halogenated alkanes) is 2. The Hall–Kier alpha value is -1.10. The minimum atomic E-state index is -0.347. The fraction of sp³-hybridized carbons (Fsp3) is 0.733. The molecule has 0 saturated carbocycles. The van der Waals surface area contributed by atoms with Gasteiger partial charge in [0.2, 0.25) is 0 Å². The van der Waals surface area contributed by atoms with Crippen molar-refractivity contribution in [2.24, 2.45) is 5.41 Å². The highest BCUT2D eigenvalue weighted by Gasteiger charge is 2.20. The van der Waals surface area contributed by atoms with Gasteiger partial charge < -0.3 is 10.1 Å². The van der Waals surface area contributed by atoms with E-state index in [1.54, 1.807) is 12.4 Å². The number of esters is 1. The molecule has 0 spiro atoms. The Labute approximate surface area is 125 Å². The summed E-state index contributed by atoms with van der Waals surface area (Å²) in [7, 11) is 0. The summed E-state index contributed by atoms with van der Waals surface area (Å²) in [5.74, 6) is -0.347. The van der Waals surface area contributed by atoms with Crippen molar-refractivity contribution in [1.82, 2.24) is 4.98 Å². The van der Waals surface area contributed by atoms with Crippen LogP contribution in [0.1, 0.15) is 63.9 Å². The number of nitrogens with zero attached hydrogens (tertiary/aromatic N) is 1. The minimum Gasteiger partial charge on any atom is -0.461 e. The maximum absolute atomic E-state index is 11.7. The summed E-state index contributed by atoms with van der Waals surface area (Å²) in [6.07, 6.45) is 4.95. The van der Waals surface area contributed by atoms with Gasteiger partial charge in [-0.1, -0.05) is 40.0 Å². The smallest absolute Gasteiger partial charge is 0.360 e. The number of hydrogen-bond acceptors (Lipinski definition) is 5. The Morgan fingerprint density at radius 2 is 2.15 bits per heavy atom. The Morgan fingerprint density at radius 3 is 2.80 bits per heavy atom. The molecule has 0 aliphatic carbocycles. The number of carbonyl (C=O) groups is 1. The van der Waals surface area contributed by atoms with Crippen LogP contribution < -0.4 is 5.32 Å². The van der Waals surface area contributed by atoms with Crippen molar-refractivity contribution >= 4 is 22.3 Å². The van der Waals surface area contributed by atoms with Gasteiger partial charge in [0.05, 0.1) is 12.1 Å². The number of carbonyl (C=O) groups excluding carboxylic acids is 1. The summed E-state index contributed by atoms with van der Waals surface area (Å²) < 4.78 is 5.00. The molecular formula is C15H26N2O2S. The lowest BCUT2D eigenvalue weighted by Crippen LogP contribution is -2.23. The predicted octanol–water partition coefficient (Wildman–Crippen LogP) is 4.34. The van der Waals surface area contributed by atoms with Crippen LogP contribution in [0.15, 0.2) is 5.51 Å². The van der Waals surface area contributed by atoms with Crippen LogP contribution >= 0.6 is 11.3 Å². The van der Waals surface area contributed by atoms with Crippen LogP contribution in [0.4, 0.5) is 5.00 Å². The van der Waals surface area contributed by atoms with Crippen molar-refractivity contribution in [2.45, 2.75) is 53.4 Å². The second-order valence-electron chi connectivity index (χ2n) is 5.73. The van der Waals surface area contributed by atoms with E-state index in [4.69, 9.17) is 4.74 Å². The highest BCUT2D eigenvalue weighted by atomic mass is 32.1. The molecular weight excluding hydrogens is 272 g/mol. The summed E-state index contributed by atoms with van der Waals surface area (Å²) in [5, 5.41) is 4.17. The number of hydrogen-bond donors (Lipinski definition) is 1. The van der Waals surface area contributed by atoms with Crippen molar-refractivity contribution in [3.05, 3.63) is 11.2 Å². The first-order valence-corrected chi connectivity index (χ1v) is 8.22. The molecule has 1 N–H and O–H groups in total. The van der Waals surface area contributed by atoms with E-state index in [0.29, 0.717) is 12.3 Å².